The van der Waals surface area contributed by atoms with Crippen LogP contribution in [0.3, 0.4) is 0 Å². The van der Waals surface area contributed by atoms with Crippen LogP contribution in [0.2, 0.25) is 0 Å². The van der Waals surface area contributed by atoms with Crippen molar-refractivity contribution in [3.05, 3.63) is 0 Å². The van der Waals surface area contributed by atoms with Crippen molar-refractivity contribution in [3.63, 3.8) is 0 Å². The maximum absolute atomic E-state index is 9.92. The summed E-state index contributed by atoms with van der Waals surface area (Å²) >= 11 is 0. The van der Waals surface area contributed by atoms with Gasteiger partial charge in [0.15, 0.2) is 0 Å². The Morgan fingerprint density at radius 1 is 1.70 bits per heavy atom. The van der Waals surface area contributed by atoms with E-state index < -0.39 is 18.1 Å². The zero-order valence-electron chi connectivity index (χ0n) is 5.65. The Morgan fingerprint density at radius 3 is 2.20 bits per heavy atom. The summed E-state index contributed by atoms with van der Waals surface area (Å²) in [6.07, 6.45) is -0.932. The van der Waals surface area contributed by atoms with Crippen LogP contribution in [-0.4, -0.2) is 28.3 Å². The van der Waals surface area contributed by atoms with E-state index >= 15 is 0 Å². The average Bonchev–Trinajstić information content (AvgIpc) is 1.63. The van der Waals surface area contributed by atoms with Crippen LogP contribution in [0.4, 0.5) is 0 Å². The minimum atomic E-state index is -0.983. The molecule has 10 heavy (non-hydrogen) atoms. The van der Waals surface area contributed by atoms with Crippen LogP contribution in [0, 0.1) is 0 Å². The van der Waals surface area contributed by atoms with Gasteiger partial charge in [-0.25, -0.2) is 0 Å². The topological polar surface area (TPSA) is 83.5 Å². The Hall–Kier alpha value is -0.320. The number of hydrogen-bond acceptors (Lipinski definition) is 3. The van der Waals surface area contributed by atoms with Gasteiger partial charge in [0.05, 0.1) is 12.5 Å². The Kier molecular flexibility index (Phi) is 6.76. The van der Waals surface area contributed by atoms with E-state index in [1.54, 1.807) is 0 Å². The third kappa shape index (κ3) is 5.81. The van der Waals surface area contributed by atoms with Gasteiger partial charge in [-0.2, -0.15) is 0 Å². The quantitative estimate of drug-likeness (QED) is 0.537. The summed E-state index contributed by atoms with van der Waals surface area (Å²) in [5, 5.41) is 16.8. The molecule has 4 nitrogen and oxygen atoms in total. The van der Waals surface area contributed by atoms with Gasteiger partial charge in [-0.15, -0.1) is 12.4 Å². The number of nitrogens with two attached hydrogens (primary N) is 1. The number of aliphatic hydroxyl groups is 1. The van der Waals surface area contributed by atoms with Crippen LogP contribution in [0.25, 0.3) is 0 Å². The number of aliphatic hydroxyl groups excluding tert-OH is 1. The average molecular weight is 170 g/mol. The highest BCUT2D eigenvalue weighted by atomic mass is 35.5. The van der Waals surface area contributed by atoms with Crippen molar-refractivity contribution in [1.82, 2.24) is 0 Å². The fraction of sp³-hybridized carbons (Fsp3) is 0.800. The van der Waals surface area contributed by atoms with Crippen molar-refractivity contribution in [2.45, 2.75) is 25.5 Å². The fourth-order valence-corrected chi connectivity index (χ4v) is 0.372. The van der Waals surface area contributed by atoms with E-state index in [1.165, 1.54) is 6.92 Å². The van der Waals surface area contributed by atoms with E-state index in [4.69, 9.17) is 15.9 Å². The van der Waals surface area contributed by atoms with Crippen molar-refractivity contribution in [2.75, 3.05) is 0 Å². The number of aliphatic carboxylic acids is 1. The lowest BCUT2D eigenvalue weighted by molar-refractivity contribution is -0.138. The van der Waals surface area contributed by atoms with Gasteiger partial charge in [-0.05, 0) is 6.92 Å². The van der Waals surface area contributed by atoms with Crippen molar-refractivity contribution in [1.29, 1.82) is 0 Å². The molecule has 0 aliphatic heterocycles. The summed E-state index contributed by atoms with van der Waals surface area (Å²) < 4.78 is 0. The molecule has 0 aliphatic carbocycles. The molecular weight excluding hydrogens is 158 g/mol. The van der Waals surface area contributed by atoms with E-state index in [2.05, 4.69) is 0 Å². The maximum atomic E-state index is 9.92. The van der Waals surface area contributed by atoms with Gasteiger partial charge in [-0.3, -0.25) is 4.79 Å². The molecule has 0 fully saturated rings. The minimum Gasteiger partial charge on any atom is -0.481 e. The number of halogens is 1. The number of hydrogen-bond donors (Lipinski definition) is 3. The number of carboxylic acids is 1. The van der Waals surface area contributed by atoms with E-state index in [0.717, 1.165) is 0 Å². The van der Waals surface area contributed by atoms with Crippen molar-refractivity contribution in [2.24, 2.45) is 5.73 Å². The Labute approximate surface area is 65.4 Å². The van der Waals surface area contributed by atoms with Crippen molar-refractivity contribution >= 4 is 18.4 Å². The second kappa shape index (κ2) is 5.46. The standard InChI is InChI=1S/C5H11NO3.ClH/c1-3(7)4(6)2-5(8)9;/h3-4,7H,2,6H2,1H3,(H,8,9);1H/t3?,4-;/m0./s1. The molecule has 0 heterocycles. The molecule has 0 aromatic rings. The van der Waals surface area contributed by atoms with Gasteiger partial charge in [-0.1, -0.05) is 0 Å². The smallest absolute Gasteiger partial charge is 0.305 e. The predicted molar refractivity (Wildman–Crippen MR) is 39.2 cm³/mol. The highest BCUT2D eigenvalue weighted by Gasteiger charge is 2.12. The summed E-state index contributed by atoms with van der Waals surface area (Å²) in [4.78, 5) is 9.92. The maximum Gasteiger partial charge on any atom is 0.305 e. The lowest BCUT2D eigenvalue weighted by Crippen LogP contribution is -2.34. The molecular formula is C5H12ClNO3. The normalized spacial score (nSPS) is 15.1. The number of carbonyl (C=O) groups is 1. The van der Waals surface area contributed by atoms with Crippen molar-refractivity contribution in [3.8, 4) is 0 Å². The van der Waals surface area contributed by atoms with Crippen LogP contribution in [0.1, 0.15) is 13.3 Å². The molecule has 5 heteroatoms. The summed E-state index contributed by atoms with van der Waals surface area (Å²) in [7, 11) is 0. The molecule has 0 bridgehead atoms. The summed E-state index contributed by atoms with van der Waals surface area (Å²) in [6, 6.07) is -0.650. The van der Waals surface area contributed by atoms with Gasteiger partial charge in [0, 0.05) is 6.04 Å². The SMILES string of the molecule is CC(O)[C@@H](N)CC(=O)O.Cl. The Balaban J connectivity index is 0. The summed E-state index contributed by atoms with van der Waals surface area (Å²) in [5.41, 5.74) is 5.19. The number of rotatable bonds is 3. The van der Waals surface area contributed by atoms with E-state index in [1.807, 2.05) is 0 Å². The highest BCUT2D eigenvalue weighted by Crippen LogP contribution is 1.93. The van der Waals surface area contributed by atoms with E-state index in [-0.39, 0.29) is 18.8 Å². The third-order valence-electron chi connectivity index (χ3n) is 1.03. The Bertz CT molecular complexity index is 107. The van der Waals surface area contributed by atoms with Gasteiger partial charge in [0.25, 0.3) is 0 Å². The minimum absolute atomic E-state index is 0. The first kappa shape index (κ1) is 12.4. The van der Waals surface area contributed by atoms with Crippen LogP contribution >= 0.6 is 12.4 Å². The van der Waals surface area contributed by atoms with Gasteiger partial charge < -0.3 is 15.9 Å². The molecule has 0 rings (SSSR count). The van der Waals surface area contributed by atoms with Crippen LogP contribution < -0.4 is 5.73 Å². The van der Waals surface area contributed by atoms with Crippen LogP contribution in [-0.2, 0) is 4.79 Å². The third-order valence-corrected chi connectivity index (χ3v) is 1.03. The molecule has 0 aliphatic rings. The highest BCUT2D eigenvalue weighted by molar-refractivity contribution is 5.85. The Morgan fingerprint density at radius 2 is 2.10 bits per heavy atom. The van der Waals surface area contributed by atoms with Crippen LogP contribution in [0.15, 0.2) is 0 Å². The van der Waals surface area contributed by atoms with Crippen LogP contribution in [0.5, 0.6) is 0 Å². The van der Waals surface area contributed by atoms with Gasteiger partial charge in [0.2, 0.25) is 0 Å². The van der Waals surface area contributed by atoms with Gasteiger partial charge in [0.1, 0.15) is 0 Å². The molecule has 4 N–H and O–H groups in total. The second-order valence-corrected chi connectivity index (χ2v) is 2.00. The molecule has 0 radical (unpaired) electrons. The largest absolute Gasteiger partial charge is 0.481 e. The first-order valence-corrected chi connectivity index (χ1v) is 2.69. The molecule has 0 aromatic heterocycles. The fourth-order valence-electron chi connectivity index (χ4n) is 0.372. The lowest BCUT2D eigenvalue weighted by atomic mass is 10.1. The first-order valence-electron chi connectivity index (χ1n) is 2.69. The number of carboxylic acid groups (broad SMARTS) is 1. The molecule has 0 saturated heterocycles. The molecule has 2 atom stereocenters. The zero-order valence-corrected chi connectivity index (χ0v) is 6.47. The lowest BCUT2D eigenvalue weighted by Gasteiger charge is -2.10. The predicted octanol–water partition coefficient (Wildman–Crippen LogP) is -0.409. The zero-order chi connectivity index (χ0) is 7.44. The molecule has 0 amide bonds. The summed E-state index contributed by atoms with van der Waals surface area (Å²) in [6.45, 7) is 1.47. The molecule has 0 aromatic carbocycles. The molecule has 0 spiro atoms. The molecule has 1 unspecified atom stereocenters. The molecule has 0 saturated carbocycles. The first-order chi connectivity index (χ1) is 4.04. The summed E-state index contributed by atoms with van der Waals surface area (Å²) in [5.74, 6) is -0.983. The van der Waals surface area contributed by atoms with E-state index in [0.29, 0.717) is 0 Å². The van der Waals surface area contributed by atoms with Crippen molar-refractivity contribution < 1.29 is 15.0 Å². The second-order valence-electron chi connectivity index (χ2n) is 2.00. The van der Waals surface area contributed by atoms with Gasteiger partial charge >= 0.3 is 5.97 Å². The molecule has 62 valence electrons. The van der Waals surface area contributed by atoms with E-state index in [9.17, 15) is 4.79 Å². The monoisotopic (exact) mass is 169 g/mol.